The molecule has 0 aliphatic rings. The van der Waals surface area contributed by atoms with E-state index in [1.54, 1.807) is 6.20 Å². The summed E-state index contributed by atoms with van der Waals surface area (Å²) in [6, 6.07) is 5.90. The number of carboxylic acids is 1. The van der Waals surface area contributed by atoms with Gasteiger partial charge in [0.2, 0.25) is 0 Å². The number of hydrogen-bond acceptors (Lipinski definition) is 3. The number of nitrogens with zero attached hydrogens (tertiary/aromatic N) is 2. The Morgan fingerprint density at radius 1 is 1.33 bits per heavy atom. The van der Waals surface area contributed by atoms with E-state index in [9.17, 15) is 4.79 Å². The maximum absolute atomic E-state index is 10.4. The standard InChI is InChI=1S/C12H18N2O2.2ClH/c1-14(10-7-12(15)16)9-4-6-11-5-2-3-8-13-11;;/h2-3,5,8H,4,6-7,9-10H2,1H3,(H,15,16);2*1H. The minimum Gasteiger partial charge on any atom is -0.481 e. The van der Waals surface area contributed by atoms with Gasteiger partial charge in [-0.15, -0.1) is 24.8 Å². The molecule has 18 heavy (non-hydrogen) atoms. The number of halogens is 2. The fourth-order valence-electron chi connectivity index (χ4n) is 1.47. The van der Waals surface area contributed by atoms with Gasteiger partial charge < -0.3 is 10.0 Å². The van der Waals surface area contributed by atoms with Crippen molar-refractivity contribution in [3.8, 4) is 0 Å². The fraction of sp³-hybridized carbons (Fsp3) is 0.500. The summed E-state index contributed by atoms with van der Waals surface area (Å²) in [6.45, 7) is 1.52. The molecule has 0 amide bonds. The monoisotopic (exact) mass is 294 g/mol. The SMILES string of the molecule is CN(CCCc1ccccn1)CCC(=O)O.Cl.Cl. The van der Waals surface area contributed by atoms with Crippen LogP contribution in [0.5, 0.6) is 0 Å². The molecule has 0 bridgehead atoms. The normalized spacial score (nSPS) is 9.44. The summed E-state index contributed by atoms with van der Waals surface area (Å²) in [5.74, 6) is -0.739. The molecule has 0 aliphatic carbocycles. The van der Waals surface area contributed by atoms with Gasteiger partial charge in [-0.25, -0.2) is 0 Å². The molecule has 0 atom stereocenters. The fourth-order valence-corrected chi connectivity index (χ4v) is 1.47. The zero-order valence-corrected chi connectivity index (χ0v) is 12.0. The quantitative estimate of drug-likeness (QED) is 0.838. The number of pyridine rings is 1. The van der Waals surface area contributed by atoms with Crippen molar-refractivity contribution in [3.63, 3.8) is 0 Å². The molecule has 1 aromatic rings. The van der Waals surface area contributed by atoms with Crippen LogP contribution in [0.2, 0.25) is 0 Å². The van der Waals surface area contributed by atoms with Crippen LogP contribution in [0.1, 0.15) is 18.5 Å². The molecule has 0 unspecified atom stereocenters. The lowest BCUT2D eigenvalue weighted by atomic mass is 10.2. The second kappa shape index (κ2) is 11.3. The van der Waals surface area contributed by atoms with E-state index in [0.29, 0.717) is 6.54 Å². The van der Waals surface area contributed by atoms with Gasteiger partial charge in [0.25, 0.3) is 0 Å². The summed E-state index contributed by atoms with van der Waals surface area (Å²) in [5.41, 5.74) is 1.09. The lowest BCUT2D eigenvalue weighted by molar-refractivity contribution is -0.137. The van der Waals surface area contributed by atoms with E-state index in [1.165, 1.54) is 0 Å². The van der Waals surface area contributed by atoms with E-state index < -0.39 is 5.97 Å². The van der Waals surface area contributed by atoms with Crippen LogP contribution in [0.15, 0.2) is 24.4 Å². The summed E-state index contributed by atoms with van der Waals surface area (Å²) in [7, 11) is 1.95. The zero-order chi connectivity index (χ0) is 11.8. The number of aliphatic carboxylic acids is 1. The first-order chi connectivity index (χ1) is 7.68. The first kappa shape index (κ1) is 19.5. The molecule has 0 saturated heterocycles. The number of rotatable bonds is 7. The highest BCUT2D eigenvalue weighted by atomic mass is 35.5. The third kappa shape index (κ3) is 9.22. The Bertz CT molecular complexity index is 323. The largest absolute Gasteiger partial charge is 0.481 e. The molecule has 6 heteroatoms. The molecule has 4 nitrogen and oxygen atoms in total. The van der Waals surface area contributed by atoms with E-state index in [-0.39, 0.29) is 31.2 Å². The molecule has 1 N–H and O–H groups in total. The van der Waals surface area contributed by atoms with Gasteiger partial charge in [0, 0.05) is 18.4 Å². The van der Waals surface area contributed by atoms with Crippen molar-refractivity contribution in [1.82, 2.24) is 9.88 Å². The lowest BCUT2D eigenvalue weighted by Gasteiger charge is -2.14. The molecule has 0 aromatic carbocycles. The Kier molecular flexibility index (Phi) is 12.2. The predicted molar refractivity (Wildman–Crippen MR) is 76.8 cm³/mol. The Morgan fingerprint density at radius 2 is 2.06 bits per heavy atom. The van der Waals surface area contributed by atoms with E-state index in [4.69, 9.17) is 5.11 Å². The number of hydrogen-bond donors (Lipinski definition) is 1. The Hall–Kier alpha value is -0.840. The van der Waals surface area contributed by atoms with Gasteiger partial charge in [-0.1, -0.05) is 6.07 Å². The van der Waals surface area contributed by atoms with Crippen molar-refractivity contribution < 1.29 is 9.90 Å². The summed E-state index contributed by atoms with van der Waals surface area (Å²) >= 11 is 0. The summed E-state index contributed by atoms with van der Waals surface area (Å²) in [6.07, 6.45) is 3.95. The summed E-state index contributed by atoms with van der Waals surface area (Å²) < 4.78 is 0. The number of carbonyl (C=O) groups is 1. The zero-order valence-electron chi connectivity index (χ0n) is 10.4. The topological polar surface area (TPSA) is 53.4 Å². The lowest BCUT2D eigenvalue weighted by Crippen LogP contribution is -2.23. The highest BCUT2D eigenvalue weighted by Crippen LogP contribution is 1.99. The van der Waals surface area contributed by atoms with E-state index in [0.717, 1.165) is 25.1 Å². The van der Waals surface area contributed by atoms with Gasteiger partial charge in [0.1, 0.15) is 0 Å². The first-order valence-electron chi connectivity index (χ1n) is 5.48. The van der Waals surface area contributed by atoms with E-state index in [1.807, 2.05) is 30.1 Å². The van der Waals surface area contributed by atoms with Crippen LogP contribution in [-0.4, -0.2) is 41.1 Å². The molecule has 0 saturated carbocycles. The van der Waals surface area contributed by atoms with Crippen molar-refractivity contribution in [1.29, 1.82) is 0 Å². The van der Waals surface area contributed by atoms with E-state index >= 15 is 0 Å². The highest BCUT2D eigenvalue weighted by Gasteiger charge is 2.02. The Morgan fingerprint density at radius 3 is 2.61 bits per heavy atom. The van der Waals surface area contributed by atoms with Gasteiger partial charge in [0.05, 0.1) is 6.42 Å². The van der Waals surface area contributed by atoms with Crippen LogP contribution in [0.3, 0.4) is 0 Å². The Labute approximate surface area is 120 Å². The minimum atomic E-state index is -0.739. The highest BCUT2D eigenvalue weighted by molar-refractivity contribution is 5.85. The molecule has 0 radical (unpaired) electrons. The second-order valence-electron chi connectivity index (χ2n) is 3.87. The van der Waals surface area contributed by atoms with Crippen LogP contribution in [0, 0.1) is 0 Å². The molecule has 104 valence electrons. The minimum absolute atomic E-state index is 0. The molecule has 0 fully saturated rings. The van der Waals surface area contributed by atoms with Crippen LogP contribution in [0.25, 0.3) is 0 Å². The van der Waals surface area contributed by atoms with Crippen LogP contribution >= 0.6 is 24.8 Å². The Balaban J connectivity index is 0. The van der Waals surface area contributed by atoms with Crippen molar-refractivity contribution in [2.45, 2.75) is 19.3 Å². The maximum atomic E-state index is 10.4. The van der Waals surface area contributed by atoms with Crippen molar-refractivity contribution in [3.05, 3.63) is 30.1 Å². The van der Waals surface area contributed by atoms with Gasteiger partial charge >= 0.3 is 5.97 Å². The van der Waals surface area contributed by atoms with Crippen LogP contribution in [0.4, 0.5) is 0 Å². The number of carboxylic acid groups (broad SMARTS) is 1. The van der Waals surface area contributed by atoms with Crippen molar-refractivity contribution in [2.75, 3.05) is 20.1 Å². The van der Waals surface area contributed by atoms with Gasteiger partial charge in [-0.3, -0.25) is 9.78 Å². The summed E-state index contributed by atoms with van der Waals surface area (Å²) in [5, 5.41) is 8.53. The average molecular weight is 295 g/mol. The average Bonchev–Trinajstić information content (AvgIpc) is 2.28. The van der Waals surface area contributed by atoms with Gasteiger partial charge in [-0.05, 0) is 38.6 Å². The predicted octanol–water partition coefficient (Wildman–Crippen LogP) is 2.26. The van der Waals surface area contributed by atoms with Gasteiger partial charge in [-0.2, -0.15) is 0 Å². The van der Waals surface area contributed by atoms with Crippen LogP contribution < -0.4 is 0 Å². The maximum Gasteiger partial charge on any atom is 0.304 e. The molecule has 1 rings (SSSR count). The second-order valence-corrected chi connectivity index (χ2v) is 3.87. The third-order valence-corrected chi connectivity index (χ3v) is 2.41. The third-order valence-electron chi connectivity index (χ3n) is 2.41. The number of aromatic nitrogens is 1. The van der Waals surface area contributed by atoms with Crippen molar-refractivity contribution in [2.24, 2.45) is 0 Å². The molecule has 0 spiro atoms. The molecule has 1 heterocycles. The molecular formula is C12H20Cl2N2O2. The molecule has 0 aliphatic heterocycles. The van der Waals surface area contributed by atoms with Gasteiger partial charge in [0.15, 0.2) is 0 Å². The molecular weight excluding hydrogens is 275 g/mol. The molecule has 1 aromatic heterocycles. The van der Waals surface area contributed by atoms with Crippen LogP contribution in [-0.2, 0) is 11.2 Å². The smallest absolute Gasteiger partial charge is 0.304 e. The van der Waals surface area contributed by atoms with E-state index in [2.05, 4.69) is 4.98 Å². The van der Waals surface area contributed by atoms with Crippen molar-refractivity contribution >= 4 is 30.8 Å². The first-order valence-corrected chi connectivity index (χ1v) is 5.48. The summed E-state index contributed by atoms with van der Waals surface area (Å²) in [4.78, 5) is 16.6. The number of aryl methyl sites for hydroxylation is 1.